The number of carbonyl (C=O) groups excluding carboxylic acids is 2. The first-order valence-corrected chi connectivity index (χ1v) is 17.2. The molecule has 0 aliphatic carbocycles. The van der Waals surface area contributed by atoms with Gasteiger partial charge in [0, 0.05) is 18.5 Å². The zero-order valence-corrected chi connectivity index (χ0v) is 29.4. The molecule has 0 aliphatic heterocycles. The third kappa shape index (κ3) is 9.50. The van der Waals surface area contributed by atoms with Gasteiger partial charge in [-0.3, -0.25) is 13.9 Å². The van der Waals surface area contributed by atoms with Gasteiger partial charge < -0.3 is 15.0 Å². The lowest BCUT2D eigenvalue weighted by atomic mass is 10.0. The predicted octanol–water partition coefficient (Wildman–Crippen LogP) is 7.06. The number of sulfonamides is 1. The molecule has 1 atom stereocenters. The molecule has 0 saturated carbocycles. The molecule has 11 heteroatoms. The second kappa shape index (κ2) is 15.2. The van der Waals surface area contributed by atoms with Crippen LogP contribution in [0.4, 0.5) is 5.69 Å². The monoisotopic (exact) mass is 695 g/mol. The number of ether oxygens (including phenoxy) is 1. The van der Waals surface area contributed by atoms with Gasteiger partial charge in [0.15, 0.2) is 0 Å². The van der Waals surface area contributed by atoms with Crippen molar-refractivity contribution >= 4 is 50.7 Å². The fourth-order valence-corrected chi connectivity index (χ4v) is 6.69. The molecule has 0 radical (unpaired) electrons. The van der Waals surface area contributed by atoms with E-state index in [1.54, 1.807) is 54.6 Å². The van der Waals surface area contributed by atoms with E-state index >= 15 is 0 Å². The average molecular weight is 697 g/mol. The summed E-state index contributed by atoms with van der Waals surface area (Å²) in [7, 11) is -2.76. The van der Waals surface area contributed by atoms with E-state index < -0.39 is 34.1 Å². The van der Waals surface area contributed by atoms with Gasteiger partial charge in [-0.15, -0.1) is 0 Å². The van der Waals surface area contributed by atoms with Crippen LogP contribution in [0.5, 0.6) is 5.75 Å². The lowest BCUT2D eigenvalue weighted by molar-refractivity contribution is -0.140. The quantitative estimate of drug-likeness (QED) is 0.171. The smallest absolute Gasteiger partial charge is 0.264 e. The molecular formula is C36H39Cl2N3O5S. The molecule has 0 fully saturated rings. The van der Waals surface area contributed by atoms with E-state index in [2.05, 4.69) is 5.32 Å². The number of nitrogens with one attached hydrogen (secondary N) is 1. The minimum absolute atomic E-state index is 0.0194. The summed E-state index contributed by atoms with van der Waals surface area (Å²) in [5.41, 5.74) is 2.07. The van der Waals surface area contributed by atoms with Crippen molar-refractivity contribution < 1.29 is 22.7 Å². The van der Waals surface area contributed by atoms with Gasteiger partial charge in [0.05, 0.1) is 27.7 Å². The summed E-state index contributed by atoms with van der Waals surface area (Å²) >= 11 is 12.5. The highest BCUT2D eigenvalue weighted by Gasteiger charge is 2.35. The highest BCUT2D eigenvalue weighted by molar-refractivity contribution is 7.92. The molecule has 0 aliphatic rings. The number of hydrogen-bond donors (Lipinski definition) is 1. The normalized spacial score (nSPS) is 12.2. The van der Waals surface area contributed by atoms with Gasteiger partial charge in [-0.2, -0.15) is 0 Å². The van der Waals surface area contributed by atoms with Crippen molar-refractivity contribution in [3.8, 4) is 5.75 Å². The first-order valence-electron chi connectivity index (χ1n) is 15.0. The number of anilines is 1. The minimum atomic E-state index is -4.25. The van der Waals surface area contributed by atoms with Crippen molar-refractivity contribution in [2.45, 2.75) is 57.1 Å². The molecule has 47 heavy (non-hydrogen) atoms. The maximum Gasteiger partial charge on any atom is 0.264 e. The van der Waals surface area contributed by atoms with Crippen molar-refractivity contribution in [2.75, 3.05) is 18.0 Å². The van der Waals surface area contributed by atoms with E-state index in [0.29, 0.717) is 27.0 Å². The molecule has 4 aromatic carbocycles. The maximum atomic E-state index is 14.6. The second-order valence-corrected chi connectivity index (χ2v) is 14.9. The third-order valence-electron chi connectivity index (χ3n) is 7.35. The summed E-state index contributed by atoms with van der Waals surface area (Å²) in [5.74, 6) is -0.475. The van der Waals surface area contributed by atoms with Crippen LogP contribution < -0.4 is 14.4 Å². The predicted molar refractivity (Wildman–Crippen MR) is 188 cm³/mol. The summed E-state index contributed by atoms with van der Waals surface area (Å²) in [5, 5.41) is 3.65. The zero-order chi connectivity index (χ0) is 34.4. The van der Waals surface area contributed by atoms with Gasteiger partial charge in [-0.1, -0.05) is 77.3 Å². The van der Waals surface area contributed by atoms with Crippen LogP contribution in [-0.4, -0.2) is 50.4 Å². The first kappa shape index (κ1) is 35.8. The largest absolute Gasteiger partial charge is 0.497 e. The fraction of sp³-hybridized carbons (Fsp3) is 0.278. The molecule has 0 saturated heterocycles. The van der Waals surface area contributed by atoms with Gasteiger partial charge in [-0.25, -0.2) is 8.42 Å². The number of rotatable bonds is 12. The molecule has 2 amide bonds. The van der Waals surface area contributed by atoms with Gasteiger partial charge in [0.2, 0.25) is 11.8 Å². The Morgan fingerprint density at radius 1 is 0.851 bits per heavy atom. The third-order valence-corrected chi connectivity index (χ3v) is 9.88. The zero-order valence-electron chi connectivity index (χ0n) is 27.0. The molecule has 0 heterocycles. The number of nitrogens with zero attached hydrogens (tertiary/aromatic N) is 2. The molecule has 248 valence electrons. The van der Waals surface area contributed by atoms with Crippen molar-refractivity contribution in [3.63, 3.8) is 0 Å². The second-order valence-electron chi connectivity index (χ2n) is 12.2. The van der Waals surface area contributed by atoms with Crippen LogP contribution in [0.1, 0.15) is 37.5 Å². The van der Waals surface area contributed by atoms with Crippen LogP contribution in [0.2, 0.25) is 10.0 Å². The molecule has 4 rings (SSSR count). The lowest BCUT2D eigenvalue weighted by Gasteiger charge is -2.35. The number of benzene rings is 4. The SMILES string of the molecule is COc1ccc(S(=O)(=O)N(CC(=O)N(Cc2ccc(Cl)c(Cl)c2)C(Cc2ccccc2)C(=O)NC(C)(C)C)c2ccc(C)cc2)cc1. The average Bonchev–Trinajstić information content (AvgIpc) is 3.03. The van der Waals surface area contributed by atoms with Crippen molar-refractivity contribution in [2.24, 2.45) is 0 Å². The van der Waals surface area contributed by atoms with Crippen LogP contribution >= 0.6 is 23.2 Å². The number of amides is 2. The summed E-state index contributed by atoms with van der Waals surface area (Å²) in [4.78, 5) is 30.0. The fourth-order valence-electron chi connectivity index (χ4n) is 4.96. The molecule has 1 N–H and O–H groups in total. The molecule has 1 unspecified atom stereocenters. The van der Waals surface area contributed by atoms with Crippen LogP contribution in [0.25, 0.3) is 0 Å². The van der Waals surface area contributed by atoms with Gasteiger partial charge in [0.1, 0.15) is 18.3 Å². The Bertz CT molecular complexity index is 1790. The summed E-state index contributed by atoms with van der Waals surface area (Å²) in [6, 6.07) is 26.2. The Morgan fingerprint density at radius 3 is 2.06 bits per heavy atom. The summed E-state index contributed by atoms with van der Waals surface area (Å²) in [6.45, 7) is 6.85. The number of methoxy groups -OCH3 is 1. The van der Waals surface area contributed by atoms with Crippen molar-refractivity contribution in [1.29, 1.82) is 0 Å². The Hall–Kier alpha value is -4.05. The molecule has 8 nitrogen and oxygen atoms in total. The Morgan fingerprint density at radius 2 is 1.49 bits per heavy atom. The number of hydrogen-bond acceptors (Lipinski definition) is 5. The lowest BCUT2D eigenvalue weighted by Crippen LogP contribution is -2.56. The van der Waals surface area contributed by atoms with E-state index in [1.807, 2.05) is 58.0 Å². The highest BCUT2D eigenvalue weighted by Crippen LogP contribution is 2.28. The van der Waals surface area contributed by atoms with E-state index in [4.69, 9.17) is 27.9 Å². The van der Waals surface area contributed by atoms with E-state index in [1.165, 1.54) is 24.1 Å². The summed E-state index contributed by atoms with van der Waals surface area (Å²) in [6.07, 6.45) is 0.186. The number of halogens is 2. The maximum absolute atomic E-state index is 14.6. The summed E-state index contributed by atoms with van der Waals surface area (Å²) < 4.78 is 34.7. The van der Waals surface area contributed by atoms with Crippen molar-refractivity contribution in [3.05, 3.63) is 124 Å². The van der Waals surface area contributed by atoms with Crippen LogP contribution in [0, 0.1) is 6.92 Å². The molecule has 0 spiro atoms. The number of aryl methyl sites for hydroxylation is 1. The molecular weight excluding hydrogens is 657 g/mol. The highest BCUT2D eigenvalue weighted by atomic mass is 35.5. The van der Waals surface area contributed by atoms with Gasteiger partial charge in [0.25, 0.3) is 10.0 Å². The van der Waals surface area contributed by atoms with Crippen LogP contribution in [-0.2, 0) is 32.6 Å². The van der Waals surface area contributed by atoms with Gasteiger partial charge in [-0.05, 0) is 87.4 Å². The molecule has 4 aromatic rings. The van der Waals surface area contributed by atoms with E-state index in [9.17, 15) is 18.0 Å². The molecule has 0 bridgehead atoms. The number of carbonyl (C=O) groups is 2. The van der Waals surface area contributed by atoms with Gasteiger partial charge >= 0.3 is 0 Å². The molecule has 0 aromatic heterocycles. The van der Waals surface area contributed by atoms with E-state index in [-0.39, 0.29) is 23.8 Å². The minimum Gasteiger partial charge on any atom is -0.497 e. The first-order chi connectivity index (χ1) is 22.2. The van der Waals surface area contributed by atoms with Crippen LogP contribution in [0.15, 0.2) is 102 Å². The standard InChI is InChI=1S/C36H39Cl2N3O5S/c1-25-11-14-28(15-12-25)41(47(44,45)30-18-16-29(46-5)17-19-30)24-34(42)40(23-27-13-20-31(37)32(38)21-27)33(35(43)39-36(2,3)4)22-26-9-7-6-8-10-26/h6-21,33H,22-24H2,1-5H3,(H,39,43). The Kier molecular flexibility index (Phi) is 11.6. The Labute approximate surface area is 287 Å². The van der Waals surface area contributed by atoms with E-state index in [0.717, 1.165) is 15.4 Å². The topological polar surface area (TPSA) is 96.0 Å². The van der Waals surface area contributed by atoms with Crippen LogP contribution in [0.3, 0.4) is 0 Å². The Balaban J connectivity index is 1.83. The van der Waals surface area contributed by atoms with Crippen molar-refractivity contribution in [1.82, 2.24) is 10.2 Å².